The quantitative estimate of drug-likeness (QED) is 0.156. The molecule has 0 bridgehead atoms. The van der Waals surface area contributed by atoms with Crippen molar-refractivity contribution in [3.63, 3.8) is 0 Å². The third-order valence-corrected chi connectivity index (χ3v) is 12.6. The van der Waals surface area contributed by atoms with E-state index < -0.39 is 59.3 Å². The Morgan fingerprint density at radius 2 is 0.643 bits per heavy atom. The van der Waals surface area contributed by atoms with Gasteiger partial charge in [0.25, 0.3) is 11.8 Å². The number of benzene rings is 6. The molecule has 6 aromatic rings. The van der Waals surface area contributed by atoms with Crippen molar-refractivity contribution >= 4 is 58.2 Å². The van der Waals surface area contributed by atoms with Crippen molar-refractivity contribution < 1.29 is 55.8 Å². The molecule has 4 aliphatic heterocycles. The summed E-state index contributed by atoms with van der Waals surface area (Å²) in [5, 5.41) is 0. The van der Waals surface area contributed by atoms with Crippen LogP contribution < -0.4 is 29.1 Å². The third kappa shape index (κ3) is 8.86. The summed E-state index contributed by atoms with van der Waals surface area (Å²) in [6.07, 6.45) is 0. The molecule has 4 heterocycles. The Morgan fingerprint density at radius 3 is 0.943 bits per heavy atom. The highest BCUT2D eigenvalue weighted by Crippen LogP contribution is 2.41. The summed E-state index contributed by atoms with van der Waals surface area (Å²) in [4.78, 5) is 88.7. The van der Waals surface area contributed by atoms with Gasteiger partial charge < -0.3 is 38.9 Å². The number of nitrogens with zero attached hydrogens (tertiary/aromatic N) is 6. The summed E-state index contributed by atoms with van der Waals surface area (Å²) in [5.74, 6) is -3.12. The fourth-order valence-electron chi connectivity index (χ4n) is 9.28. The number of carbonyl (C=O) groups is 6. The van der Waals surface area contributed by atoms with E-state index in [2.05, 4.69) is 0 Å². The molecule has 0 N–H and O–H groups in total. The van der Waals surface area contributed by atoms with E-state index in [4.69, 9.17) is 9.47 Å². The standard InChI is InChI=1S/2C26H21F2N3O4/c2*1-35-21-12-10-19(11-13-21)29-14-22(32)30-15-23(33)31(20-8-6-18(28)7-9-20)24(25(30)26(29)34)16-2-4-17(27)5-3-16/h2*2-13,24-25H,14-15H2,1H3/t2*24-,25-/m10/s1. The Labute approximate surface area is 398 Å². The molecule has 14 nitrogen and oxygen atoms in total. The van der Waals surface area contributed by atoms with Crippen LogP contribution in [0.15, 0.2) is 146 Å². The highest BCUT2D eigenvalue weighted by molar-refractivity contribution is 6.12. The molecule has 10 rings (SSSR count). The molecule has 356 valence electrons. The van der Waals surface area contributed by atoms with Crippen LogP contribution in [0, 0.1) is 23.3 Å². The molecular weight excluding hydrogens is 913 g/mol. The first-order valence-corrected chi connectivity index (χ1v) is 21.9. The maximum absolute atomic E-state index is 13.9. The molecule has 0 aliphatic carbocycles. The lowest BCUT2D eigenvalue weighted by Gasteiger charge is -2.50. The van der Waals surface area contributed by atoms with Gasteiger partial charge in [0.15, 0.2) is 0 Å². The predicted octanol–water partition coefficient (Wildman–Crippen LogP) is 6.61. The Bertz CT molecular complexity index is 2760. The summed E-state index contributed by atoms with van der Waals surface area (Å²) in [6, 6.07) is 30.9. The number of hydrogen-bond acceptors (Lipinski definition) is 8. The minimum Gasteiger partial charge on any atom is -0.497 e. The number of rotatable bonds is 8. The summed E-state index contributed by atoms with van der Waals surface area (Å²) < 4.78 is 65.1. The lowest BCUT2D eigenvalue weighted by atomic mass is 9.90. The summed E-state index contributed by atoms with van der Waals surface area (Å²) >= 11 is 0. The van der Waals surface area contributed by atoms with Crippen molar-refractivity contribution in [2.24, 2.45) is 0 Å². The molecule has 0 unspecified atom stereocenters. The van der Waals surface area contributed by atoms with Crippen molar-refractivity contribution in [1.29, 1.82) is 0 Å². The first-order chi connectivity index (χ1) is 33.7. The second-order valence-electron chi connectivity index (χ2n) is 16.7. The van der Waals surface area contributed by atoms with Gasteiger partial charge in [0.05, 0.1) is 26.3 Å². The molecule has 4 saturated heterocycles. The highest BCUT2D eigenvalue weighted by Gasteiger charge is 2.54. The largest absolute Gasteiger partial charge is 0.497 e. The van der Waals surface area contributed by atoms with E-state index in [0.717, 1.165) is 0 Å². The van der Waals surface area contributed by atoms with Crippen LogP contribution in [0.3, 0.4) is 0 Å². The molecule has 0 spiro atoms. The maximum Gasteiger partial charge on any atom is 0.252 e. The molecule has 4 aliphatic rings. The molecule has 0 radical (unpaired) electrons. The number of amides is 6. The van der Waals surface area contributed by atoms with Gasteiger partial charge in [-0.15, -0.1) is 0 Å². The first kappa shape index (κ1) is 46.6. The molecule has 0 aromatic heterocycles. The van der Waals surface area contributed by atoms with Crippen LogP contribution in [0.1, 0.15) is 23.2 Å². The lowest BCUT2D eigenvalue weighted by Crippen LogP contribution is -2.69. The van der Waals surface area contributed by atoms with Crippen LogP contribution in [0.4, 0.5) is 40.3 Å². The molecule has 18 heteroatoms. The minimum absolute atomic E-state index is 0.221. The van der Waals surface area contributed by atoms with Gasteiger partial charge in [0.2, 0.25) is 23.6 Å². The van der Waals surface area contributed by atoms with Crippen LogP contribution in [0.2, 0.25) is 0 Å². The maximum atomic E-state index is 13.9. The SMILES string of the molecule is COc1ccc(N2CC(=O)N3CC(=O)N(c4ccc(F)cc4)[C@@H](c4ccc(F)cc4)[C@H]3C2=O)cc1.COc1ccc(N2CC(=O)N3CC(=O)N(c4ccc(F)cc4)[C@H](c4ccc(F)cc4)[C@@H]3C2=O)cc1. The number of carbonyl (C=O) groups excluding carboxylic acids is 6. The van der Waals surface area contributed by atoms with Crippen molar-refractivity contribution in [3.8, 4) is 11.5 Å². The van der Waals surface area contributed by atoms with Crippen molar-refractivity contribution in [3.05, 3.63) is 180 Å². The average Bonchev–Trinajstić information content (AvgIpc) is 3.37. The second kappa shape index (κ2) is 19.2. The van der Waals surface area contributed by atoms with Gasteiger partial charge in [-0.2, -0.15) is 0 Å². The summed E-state index contributed by atoms with van der Waals surface area (Å²) in [6.45, 7) is -1.05. The van der Waals surface area contributed by atoms with Crippen molar-refractivity contribution in [1.82, 2.24) is 9.80 Å². The van der Waals surface area contributed by atoms with E-state index in [1.54, 1.807) is 48.5 Å². The van der Waals surface area contributed by atoms with Crippen molar-refractivity contribution in [2.75, 3.05) is 60.0 Å². The zero-order chi connectivity index (χ0) is 49.4. The molecule has 4 atom stereocenters. The zero-order valence-corrected chi connectivity index (χ0v) is 37.5. The number of fused-ring (bicyclic) bond motifs is 2. The molecule has 0 saturated carbocycles. The van der Waals surface area contributed by atoms with Crippen LogP contribution in [0.25, 0.3) is 0 Å². The monoisotopic (exact) mass is 954 g/mol. The fraction of sp³-hybridized carbons (Fsp3) is 0.192. The first-order valence-electron chi connectivity index (χ1n) is 21.9. The van der Waals surface area contributed by atoms with Gasteiger partial charge in [0.1, 0.15) is 73.0 Å². The molecular formula is C52H42F4N6O8. The lowest BCUT2D eigenvalue weighted by molar-refractivity contribution is -0.149. The van der Waals surface area contributed by atoms with Gasteiger partial charge in [-0.3, -0.25) is 28.8 Å². The number of methoxy groups -OCH3 is 2. The van der Waals surface area contributed by atoms with E-state index >= 15 is 0 Å². The predicted molar refractivity (Wildman–Crippen MR) is 248 cm³/mol. The number of anilines is 4. The van der Waals surface area contributed by atoms with Gasteiger partial charge in [-0.1, -0.05) is 24.3 Å². The number of hydrogen-bond donors (Lipinski definition) is 0. The third-order valence-electron chi connectivity index (χ3n) is 12.6. The van der Waals surface area contributed by atoms with Crippen LogP contribution in [-0.2, 0) is 28.8 Å². The van der Waals surface area contributed by atoms with Crippen LogP contribution in [0.5, 0.6) is 11.5 Å². The number of halogens is 4. The smallest absolute Gasteiger partial charge is 0.252 e. The molecule has 4 fully saturated rings. The fourth-order valence-corrected chi connectivity index (χ4v) is 9.28. The van der Waals surface area contributed by atoms with Crippen molar-refractivity contribution in [2.45, 2.75) is 24.2 Å². The molecule has 6 aromatic carbocycles. The van der Waals surface area contributed by atoms with Crippen LogP contribution in [-0.4, -0.2) is 97.7 Å². The van der Waals surface area contributed by atoms with E-state index in [0.29, 0.717) is 45.4 Å². The summed E-state index contributed by atoms with van der Waals surface area (Å²) in [7, 11) is 3.05. The summed E-state index contributed by atoms with van der Waals surface area (Å²) in [5.41, 5.74) is 2.69. The van der Waals surface area contributed by atoms with Gasteiger partial charge in [-0.25, -0.2) is 17.6 Å². The number of ether oxygens (including phenoxy) is 2. The highest BCUT2D eigenvalue weighted by atomic mass is 19.1. The Kier molecular flexibility index (Phi) is 12.8. The van der Waals surface area contributed by atoms with E-state index in [9.17, 15) is 46.3 Å². The van der Waals surface area contributed by atoms with Gasteiger partial charge in [0, 0.05) is 22.7 Å². The van der Waals surface area contributed by atoms with Crippen LogP contribution >= 0.6 is 0 Å². The van der Waals surface area contributed by atoms with E-state index in [-0.39, 0.29) is 49.8 Å². The van der Waals surface area contributed by atoms with E-state index in [1.165, 1.54) is 141 Å². The Morgan fingerprint density at radius 1 is 0.357 bits per heavy atom. The van der Waals surface area contributed by atoms with Gasteiger partial charge >= 0.3 is 0 Å². The average molecular weight is 955 g/mol. The normalized spacial score (nSPS) is 20.2. The number of piperazine rings is 4. The van der Waals surface area contributed by atoms with Gasteiger partial charge in [-0.05, 0) is 132 Å². The minimum atomic E-state index is -1.06. The topological polar surface area (TPSA) is 140 Å². The Hall–Kier alpha value is -8.54. The zero-order valence-electron chi connectivity index (χ0n) is 37.5. The second-order valence-corrected chi connectivity index (χ2v) is 16.7. The van der Waals surface area contributed by atoms with E-state index in [1.807, 2.05) is 0 Å². The molecule has 6 amide bonds. The molecule has 70 heavy (non-hydrogen) atoms. The Balaban J connectivity index is 0.000000174.